The normalized spacial score (nSPS) is 16.4. The molecule has 2 aromatic rings. The molecule has 1 fully saturated rings. The molecule has 1 aliphatic rings. The summed E-state index contributed by atoms with van der Waals surface area (Å²) in [5.74, 6) is -2.20. The highest BCUT2D eigenvalue weighted by molar-refractivity contribution is 5.91. The first-order valence-corrected chi connectivity index (χ1v) is 11.1. The molecule has 4 amide bonds. The van der Waals surface area contributed by atoms with Gasteiger partial charge in [-0.3, -0.25) is 14.5 Å². The number of carbonyl (C=O) groups is 3. The van der Waals surface area contributed by atoms with E-state index in [4.69, 9.17) is 5.73 Å². The number of primary amides is 1. The lowest BCUT2D eigenvalue weighted by atomic mass is 10.0. The Balaban J connectivity index is 1.78. The van der Waals surface area contributed by atoms with Crippen LogP contribution in [0.25, 0.3) is 11.3 Å². The molecular weight excluding hydrogens is 444 g/mol. The highest BCUT2D eigenvalue weighted by Crippen LogP contribution is 2.24. The van der Waals surface area contributed by atoms with E-state index in [0.29, 0.717) is 35.2 Å². The first-order valence-electron chi connectivity index (χ1n) is 11.1. The number of pyridine rings is 1. The van der Waals surface area contributed by atoms with Crippen LogP contribution in [0.5, 0.6) is 0 Å². The van der Waals surface area contributed by atoms with Crippen molar-refractivity contribution in [3.8, 4) is 11.3 Å². The number of nitrogens with two attached hydrogens (primary N) is 1. The molecule has 0 spiro atoms. The zero-order valence-electron chi connectivity index (χ0n) is 19.4. The Labute approximate surface area is 197 Å². The van der Waals surface area contributed by atoms with Crippen LogP contribution in [0.3, 0.4) is 0 Å². The molecule has 34 heavy (non-hydrogen) atoms. The maximum absolute atomic E-state index is 15.2. The molecule has 1 aromatic heterocycles. The Morgan fingerprint density at radius 3 is 2.44 bits per heavy atom. The molecule has 8 nitrogen and oxygen atoms in total. The number of aromatic nitrogens is 1. The monoisotopic (exact) mass is 473 g/mol. The maximum Gasteiger partial charge on any atom is 0.320 e. The summed E-state index contributed by atoms with van der Waals surface area (Å²) in [5.41, 5.74) is 7.50. The number of halogens is 2. The number of amides is 4. The molecule has 182 valence electrons. The van der Waals surface area contributed by atoms with Gasteiger partial charge in [-0.05, 0) is 30.4 Å². The van der Waals surface area contributed by atoms with E-state index in [1.54, 1.807) is 36.4 Å². The van der Waals surface area contributed by atoms with Gasteiger partial charge in [0.1, 0.15) is 6.04 Å². The van der Waals surface area contributed by atoms with Gasteiger partial charge in [-0.2, -0.15) is 4.39 Å². The molecule has 1 aliphatic heterocycles. The van der Waals surface area contributed by atoms with E-state index >= 15 is 4.39 Å². The molecule has 1 saturated heterocycles. The molecule has 2 heterocycles. The summed E-state index contributed by atoms with van der Waals surface area (Å²) < 4.78 is 29.5. The predicted octanol–water partition coefficient (Wildman–Crippen LogP) is 2.92. The van der Waals surface area contributed by atoms with Crippen LogP contribution in [0.4, 0.5) is 13.6 Å². The second-order valence-corrected chi connectivity index (χ2v) is 8.54. The van der Waals surface area contributed by atoms with Gasteiger partial charge >= 0.3 is 6.03 Å². The number of hydrogen-bond acceptors (Lipinski definition) is 4. The Hall–Kier alpha value is -3.56. The number of nitrogens with one attached hydrogen (secondary N) is 1. The highest BCUT2D eigenvalue weighted by atomic mass is 19.1. The fraction of sp³-hybridized carbons (Fsp3) is 0.417. The summed E-state index contributed by atoms with van der Waals surface area (Å²) in [6.07, 6.45) is -1.40. The SMILES string of the molecule is CNC(=O)N(Cc1ccc(-c2ccc(C(C)C)c(F)n2)cc1)C(F)C(=O)N1CCCC1C(N)=O. The highest BCUT2D eigenvalue weighted by Gasteiger charge is 2.39. The molecule has 0 bridgehead atoms. The first kappa shape index (κ1) is 25.1. The standard InChI is InChI=1S/C24H29F2N5O3/c1-14(2)17-10-11-18(29-20(17)25)16-8-6-15(7-9-16)13-31(24(34)28-3)21(26)23(33)30-12-4-5-19(30)22(27)32/h6-11,14,19,21H,4-5,12-13H2,1-3H3,(H2,27,32)(H,28,34). The molecule has 0 radical (unpaired) electrons. The first-order chi connectivity index (χ1) is 16.1. The molecule has 2 atom stereocenters. The third-order valence-corrected chi connectivity index (χ3v) is 5.92. The molecule has 0 saturated carbocycles. The van der Waals surface area contributed by atoms with E-state index in [2.05, 4.69) is 10.3 Å². The van der Waals surface area contributed by atoms with Crippen molar-refractivity contribution in [3.05, 3.63) is 53.5 Å². The van der Waals surface area contributed by atoms with Gasteiger partial charge in [0.05, 0.1) is 12.2 Å². The molecule has 1 aromatic carbocycles. The maximum atomic E-state index is 15.2. The van der Waals surface area contributed by atoms with Crippen molar-refractivity contribution in [2.45, 2.75) is 51.5 Å². The minimum absolute atomic E-state index is 0.00906. The lowest BCUT2D eigenvalue weighted by Crippen LogP contribution is -2.53. The molecule has 0 aliphatic carbocycles. The van der Waals surface area contributed by atoms with Gasteiger partial charge < -0.3 is 16.0 Å². The van der Waals surface area contributed by atoms with Crippen LogP contribution in [0, 0.1) is 5.95 Å². The number of carbonyl (C=O) groups excluding carboxylic acids is 3. The Kier molecular flexibility index (Phi) is 7.80. The van der Waals surface area contributed by atoms with Gasteiger partial charge in [-0.25, -0.2) is 14.2 Å². The second-order valence-electron chi connectivity index (χ2n) is 8.54. The van der Waals surface area contributed by atoms with Gasteiger partial charge in [-0.15, -0.1) is 0 Å². The molecule has 3 rings (SSSR count). The third-order valence-electron chi connectivity index (χ3n) is 5.92. The summed E-state index contributed by atoms with van der Waals surface area (Å²) in [7, 11) is 1.33. The number of likely N-dealkylation sites (tertiary alicyclic amines) is 1. The summed E-state index contributed by atoms with van der Waals surface area (Å²) in [4.78, 5) is 42.6. The van der Waals surface area contributed by atoms with Crippen molar-refractivity contribution in [2.75, 3.05) is 13.6 Å². The van der Waals surface area contributed by atoms with Gasteiger partial charge in [0.25, 0.3) is 12.2 Å². The van der Waals surface area contributed by atoms with Gasteiger partial charge in [-0.1, -0.05) is 44.2 Å². The number of alkyl halides is 1. The van der Waals surface area contributed by atoms with Crippen molar-refractivity contribution < 1.29 is 23.2 Å². The molecule has 10 heteroatoms. The van der Waals surface area contributed by atoms with Crippen LogP contribution in [0.15, 0.2) is 36.4 Å². The van der Waals surface area contributed by atoms with Crippen LogP contribution < -0.4 is 11.1 Å². The van der Waals surface area contributed by atoms with Crippen LogP contribution in [-0.4, -0.2) is 58.6 Å². The summed E-state index contributed by atoms with van der Waals surface area (Å²) in [5, 5.41) is 2.34. The Morgan fingerprint density at radius 1 is 1.21 bits per heavy atom. The molecular formula is C24H29F2N5O3. The van der Waals surface area contributed by atoms with Gasteiger partial charge in [0.15, 0.2) is 0 Å². The van der Waals surface area contributed by atoms with E-state index in [1.807, 2.05) is 13.8 Å². The molecule has 3 N–H and O–H groups in total. The zero-order chi connectivity index (χ0) is 25.0. The number of benzene rings is 1. The minimum Gasteiger partial charge on any atom is -0.368 e. The lowest BCUT2D eigenvalue weighted by molar-refractivity contribution is -0.146. The van der Waals surface area contributed by atoms with Crippen molar-refractivity contribution in [3.63, 3.8) is 0 Å². The Morgan fingerprint density at radius 2 is 1.88 bits per heavy atom. The van der Waals surface area contributed by atoms with Crippen LogP contribution in [0.1, 0.15) is 43.7 Å². The minimum atomic E-state index is -2.29. The Bertz CT molecular complexity index is 1060. The number of nitrogens with zero attached hydrogens (tertiary/aromatic N) is 3. The fourth-order valence-electron chi connectivity index (χ4n) is 4.01. The van der Waals surface area contributed by atoms with E-state index in [-0.39, 0.29) is 19.0 Å². The number of hydrogen-bond donors (Lipinski definition) is 2. The average Bonchev–Trinajstić information content (AvgIpc) is 3.31. The van der Waals surface area contributed by atoms with Gasteiger partial charge in [0, 0.05) is 24.7 Å². The smallest absolute Gasteiger partial charge is 0.320 e. The van der Waals surface area contributed by atoms with Crippen molar-refractivity contribution in [1.82, 2.24) is 20.1 Å². The van der Waals surface area contributed by atoms with Crippen LogP contribution in [-0.2, 0) is 16.1 Å². The summed E-state index contributed by atoms with van der Waals surface area (Å²) in [6.45, 7) is 3.76. The van der Waals surface area contributed by atoms with Crippen LogP contribution in [0.2, 0.25) is 0 Å². The zero-order valence-corrected chi connectivity index (χ0v) is 19.4. The summed E-state index contributed by atoms with van der Waals surface area (Å²) >= 11 is 0. The predicted molar refractivity (Wildman–Crippen MR) is 123 cm³/mol. The number of urea groups is 1. The van der Waals surface area contributed by atoms with Crippen LogP contribution >= 0.6 is 0 Å². The number of rotatable bonds is 7. The fourth-order valence-corrected chi connectivity index (χ4v) is 4.01. The van der Waals surface area contributed by atoms with E-state index in [9.17, 15) is 18.8 Å². The van der Waals surface area contributed by atoms with Crippen molar-refractivity contribution >= 4 is 17.8 Å². The largest absolute Gasteiger partial charge is 0.368 e. The second kappa shape index (κ2) is 10.6. The average molecular weight is 474 g/mol. The third kappa shape index (κ3) is 5.32. The van der Waals surface area contributed by atoms with E-state index in [0.717, 1.165) is 9.80 Å². The van der Waals surface area contributed by atoms with E-state index < -0.39 is 36.1 Å². The summed E-state index contributed by atoms with van der Waals surface area (Å²) in [6, 6.07) is 8.44. The topological polar surface area (TPSA) is 109 Å². The van der Waals surface area contributed by atoms with Gasteiger partial charge in [0.2, 0.25) is 11.9 Å². The van der Waals surface area contributed by atoms with Crippen molar-refractivity contribution in [2.24, 2.45) is 5.73 Å². The quantitative estimate of drug-likeness (QED) is 0.476. The van der Waals surface area contributed by atoms with E-state index in [1.165, 1.54) is 7.05 Å². The van der Waals surface area contributed by atoms with Crippen molar-refractivity contribution in [1.29, 1.82) is 0 Å². The lowest BCUT2D eigenvalue weighted by Gasteiger charge is -2.30. The molecule has 2 unspecified atom stereocenters.